The lowest BCUT2D eigenvalue weighted by Gasteiger charge is -2.10. The monoisotopic (exact) mass is 189 g/mol. The largest absolute Gasteiger partial charge is 0.462 e. The Labute approximate surface area is 79.4 Å². The van der Waals surface area contributed by atoms with E-state index in [1.807, 2.05) is 20.8 Å². The molecule has 0 fully saturated rings. The molecule has 0 aromatic rings. The first-order chi connectivity index (χ1) is 6.07. The maximum Gasteiger partial charge on any atom is 0.322 e. The number of rotatable bonds is 6. The minimum absolute atomic E-state index is 0.165. The van der Waals surface area contributed by atoms with Crippen LogP contribution in [0.3, 0.4) is 0 Å². The lowest BCUT2D eigenvalue weighted by Crippen LogP contribution is -2.32. The first kappa shape index (κ1) is 12.4. The van der Waals surface area contributed by atoms with E-state index in [1.54, 1.807) is 0 Å². The second kappa shape index (κ2) is 6.86. The Morgan fingerprint density at radius 3 is 2.46 bits per heavy atom. The second-order valence-corrected chi connectivity index (χ2v) is 3.10. The number of hydrogen-bond donors (Lipinski definition) is 1. The summed E-state index contributed by atoms with van der Waals surface area (Å²) in [6, 6.07) is -0.501. The molecule has 0 radical (unpaired) electrons. The average Bonchev–Trinajstić information content (AvgIpc) is 2.10. The van der Waals surface area contributed by atoms with Crippen molar-refractivity contribution >= 4 is 5.97 Å². The van der Waals surface area contributed by atoms with Crippen LogP contribution in [0.4, 0.5) is 0 Å². The molecule has 0 saturated carbocycles. The maximum absolute atomic E-state index is 11.0. The van der Waals surface area contributed by atoms with Gasteiger partial charge in [0.15, 0.2) is 0 Å². The normalized spacial score (nSPS) is 13.0. The van der Waals surface area contributed by atoms with E-state index in [9.17, 15) is 4.79 Å². The van der Waals surface area contributed by atoms with E-state index in [2.05, 4.69) is 0 Å². The summed E-state index contributed by atoms with van der Waals surface area (Å²) >= 11 is 0. The molecule has 1 unspecified atom stereocenters. The van der Waals surface area contributed by atoms with Gasteiger partial charge in [0.2, 0.25) is 0 Å². The highest BCUT2D eigenvalue weighted by Gasteiger charge is 2.11. The van der Waals surface area contributed by atoms with Crippen LogP contribution in [-0.4, -0.2) is 31.3 Å². The van der Waals surface area contributed by atoms with E-state index in [1.165, 1.54) is 0 Å². The zero-order valence-corrected chi connectivity index (χ0v) is 8.58. The Morgan fingerprint density at radius 1 is 1.38 bits per heavy atom. The highest BCUT2D eigenvalue weighted by molar-refractivity contribution is 5.75. The van der Waals surface area contributed by atoms with Crippen LogP contribution >= 0.6 is 0 Å². The molecule has 0 bridgehead atoms. The fourth-order valence-corrected chi connectivity index (χ4v) is 0.700. The summed E-state index contributed by atoms with van der Waals surface area (Å²) in [6.45, 7) is 6.42. The van der Waals surface area contributed by atoms with Gasteiger partial charge in [-0.1, -0.05) is 6.92 Å². The van der Waals surface area contributed by atoms with Gasteiger partial charge in [0.25, 0.3) is 0 Å². The summed E-state index contributed by atoms with van der Waals surface area (Å²) in [5.41, 5.74) is 5.44. The molecular formula is C9H19NO3. The summed E-state index contributed by atoms with van der Waals surface area (Å²) in [4.78, 5) is 11.0. The molecule has 4 nitrogen and oxygen atoms in total. The Kier molecular flexibility index (Phi) is 6.54. The van der Waals surface area contributed by atoms with E-state index in [-0.39, 0.29) is 18.7 Å². The van der Waals surface area contributed by atoms with Gasteiger partial charge in [0.1, 0.15) is 12.6 Å². The zero-order valence-electron chi connectivity index (χ0n) is 8.58. The second-order valence-electron chi connectivity index (χ2n) is 3.10. The SMILES string of the molecule is CCC(N)C(=O)OCCOC(C)C. The van der Waals surface area contributed by atoms with Crippen LogP contribution in [0, 0.1) is 0 Å². The Bertz CT molecular complexity index is 148. The smallest absolute Gasteiger partial charge is 0.322 e. The minimum Gasteiger partial charge on any atom is -0.462 e. The van der Waals surface area contributed by atoms with Gasteiger partial charge in [-0.2, -0.15) is 0 Å². The third-order valence-electron chi connectivity index (χ3n) is 1.52. The summed E-state index contributed by atoms with van der Waals surface area (Å²) in [5.74, 6) is -0.352. The topological polar surface area (TPSA) is 61.6 Å². The molecule has 0 aliphatic heterocycles. The van der Waals surface area contributed by atoms with Gasteiger partial charge < -0.3 is 15.2 Å². The first-order valence-electron chi connectivity index (χ1n) is 4.61. The fraction of sp³-hybridized carbons (Fsp3) is 0.889. The number of nitrogens with two attached hydrogens (primary N) is 1. The van der Waals surface area contributed by atoms with Crippen molar-refractivity contribution in [3.05, 3.63) is 0 Å². The standard InChI is InChI=1S/C9H19NO3/c1-4-8(10)9(11)13-6-5-12-7(2)3/h7-8H,4-6,10H2,1-3H3. The summed E-state index contributed by atoms with van der Waals surface area (Å²) in [7, 11) is 0. The Morgan fingerprint density at radius 2 is 2.00 bits per heavy atom. The van der Waals surface area contributed by atoms with E-state index in [4.69, 9.17) is 15.2 Å². The van der Waals surface area contributed by atoms with Gasteiger partial charge in [-0.3, -0.25) is 4.79 Å². The van der Waals surface area contributed by atoms with Crippen molar-refractivity contribution in [2.24, 2.45) is 5.73 Å². The molecule has 0 amide bonds. The van der Waals surface area contributed by atoms with Gasteiger partial charge in [-0.05, 0) is 20.3 Å². The van der Waals surface area contributed by atoms with Crippen molar-refractivity contribution in [2.75, 3.05) is 13.2 Å². The van der Waals surface area contributed by atoms with Crippen LogP contribution in [-0.2, 0) is 14.3 Å². The van der Waals surface area contributed by atoms with Gasteiger partial charge >= 0.3 is 5.97 Å². The number of carbonyl (C=O) groups excluding carboxylic acids is 1. The van der Waals surface area contributed by atoms with Gasteiger partial charge in [-0.15, -0.1) is 0 Å². The van der Waals surface area contributed by atoms with Crippen LogP contribution in [0.2, 0.25) is 0 Å². The highest BCUT2D eigenvalue weighted by atomic mass is 16.6. The van der Waals surface area contributed by atoms with E-state index in [0.29, 0.717) is 13.0 Å². The number of esters is 1. The van der Waals surface area contributed by atoms with Gasteiger partial charge in [0.05, 0.1) is 12.7 Å². The van der Waals surface area contributed by atoms with Crippen LogP contribution < -0.4 is 5.73 Å². The molecule has 0 aromatic carbocycles. The first-order valence-corrected chi connectivity index (χ1v) is 4.61. The molecule has 0 heterocycles. The van der Waals surface area contributed by atoms with Gasteiger partial charge in [0, 0.05) is 0 Å². The Balaban J connectivity index is 3.37. The van der Waals surface area contributed by atoms with Crippen molar-refractivity contribution in [3.63, 3.8) is 0 Å². The van der Waals surface area contributed by atoms with Crippen molar-refractivity contribution in [1.29, 1.82) is 0 Å². The quantitative estimate of drug-likeness (QED) is 0.493. The molecule has 1 atom stereocenters. The van der Waals surface area contributed by atoms with Crippen LogP contribution in [0.1, 0.15) is 27.2 Å². The molecule has 0 saturated heterocycles. The predicted octanol–water partition coefficient (Wildman–Crippen LogP) is 0.692. The van der Waals surface area contributed by atoms with Crippen LogP contribution in [0.25, 0.3) is 0 Å². The number of ether oxygens (including phenoxy) is 2. The highest BCUT2D eigenvalue weighted by Crippen LogP contribution is 1.92. The van der Waals surface area contributed by atoms with Crippen molar-refractivity contribution in [1.82, 2.24) is 0 Å². The van der Waals surface area contributed by atoms with Crippen molar-refractivity contribution in [3.8, 4) is 0 Å². The van der Waals surface area contributed by atoms with Gasteiger partial charge in [-0.25, -0.2) is 0 Å². The molecular weight excluding hydrogens is 170 g/mol. The average molecular weight is 189 g/mol. The molecule has 4 heteroatoms. The molecule has 0 aromatic heterocycles. The molecule has 0 spiro atoms. The molecule has 0 aliphatic carbocycles. The number of carbonyl (C=O) groups is 1. The fourth-order valence-electron chi connectivity index (χ4n) is 0.700. The van der Waals surface area contributed by atoms with Crippen LogP contribution in [0.5, 0.6) is 0 Å². The third kappa shape index (κ3) is 6.54. The molecule has 0 aliphatic rings. The van der Waals surface area contributed by atoms with E-state index in [0.717, 1.165) is 0 Å². The van der Waals surface area contributed by atoms with E-state index >= 15 is 0 Å². The maximum atomic E-state index is 11.0. The molecule has 2 N–H and O–H groups in total. The summed E-state index contributed by atoms with van der Waals surface area (Å²) in [6.07, 6.45) is 0.766. The van der Waals surface area contributed by atoms with Crippen molar-refractivity contribution in [2.45, 2.75) is 39.3 Å². The summed E-state index contributed by atoms with van der Waals surface area (Å²) in [5, 5.41) is 0. The minimum atomic E-state index is -0.501. The molecule has 0 rings (SSSR count). The Hall–Kier alpha value is -0.610. The van der Waals surface area contributed by atoms with Crippen LogP contribution in [0.15, 0.2) is 0 Å². The molecule has 78 valence electrons. The zero-order chi connectivity index (χ0) is 10.3. The third-order valence-corrected chi connectivity index (χ3v) is 1.52. The van der Waals surface area contributed by atoms with E-state index < -0.39 is 6.04 Å². The lowest BCUT2D eigenvalue weighted by atomic mass is 10.2. The van der Waals surface area contributed by atoms with Crippen molar-refractivity contribution < 1.29 is 14.3 Å². The molecule has 13 heavy (non-hydrogen) atoms. The predicted molar refractivity (Wildman–Crippen MR) is 50.3 cm³/mol. The summed E-state index contributed by atoms with van der Waals surface area (Å²) < 4.78 is 10.0. The number of hydrogen-bond acceptors (Lipinski definition) is 4. The lowest BCUT2D eigenvalue weighted by molar-refractivity contribution is -0.147.